The summed E-state index contributed by atoms with van der Waals surface area (Å²) in [5.41, 5.74) is 4.61. The average Bonchev–Trinajstić information content (AvgIpc) is 3.30. The predicted octanol–water partition coefficient (Wildman–Crippen LogP) is 4.94. The summed E-state index contributed by atoms with van der Waals surface area (Å²) in [5.74, 6) is 0.616. The zero-order valence-corrected chi connectivity index (χ0v) is 17.1. The molecule has 0 radical (unpaired) electrons. The van der Waals surface area contributed by atoms with Crippen LogP contribution < -0.4 is 10.1 Å². The van der Waals surface area contributed by atoms with Crippen molar-refractivity contribution in [3.63, 3.8) is 0 Å². The Kier molecular flexibility index (Phi) is 3.81. The molecule has 5 heteroatoms. The van der Waals surface area contributed by atoms with Gasteiger partial charge in [0, 0.05) is 12.1 Å². The van der Waals surface area contributed by atoms with Crippen molar-refractivity contribution in [2.45, 2.75) is 24.9 Å². The molecule has 2 aliphatic heterocycles. The lowest BCUT2D eigenvalue weighted by molar-refractivity contribution is -0.121. The number of nitrogens with one attached hydrogen (secondary N) is 1. The minimum Gasteiger partial charge on any atom is -0.469 e. The van der Waals surface area contributed by atoms with Crippen LogP contribution in [-0.2, 0) is 10.2 Å². The summed E-state index contributed by atoms with van der Waals surface area (Å²) in [6.07, 6.45) is 0.248. The molecule has 2 unspecified atom stereocenters. The molecule has 1 aromatic heterocycles. The number of carbonyl (C=O) groups excluding carboxylic acids is 1. The number of hydrogen-bond acceptors (Lipinski definition) is 3. The van der Waals surface area contributed by atoms with E-state index < -0.39 is 5.41 Å². The number of rotatable bonds is 2. The van der Waals surface area contributed by atoms with Gasteiger partial charge in [0.1, 0.15) is 11.5 Å². The lowest BCUT2D eigenvalue weighted by Crippen LogP contribution is -2.42. The van der Waals surface area contributed by atoms with Crippen LogP contribution in [0.25, 0.3) is 5.69 Å². The molecule has 0 saturated heterocycles. The highest BCUT2D eigenvalue weighted by Crippen LogP contribution is 2.55. The van der Waals surface area contributed by atoms with Crippen LogP contribution in [0.5, 0.6) is 5.88 Å². The van der Waals surface area contributed by atoms with Gasteiger partial charge in [-0.1, -0.05) is 66.7 Å². The molecule has 1 N–H and O–H groups in total. The largest absolute Gasteiger partial charge is 0.469 e. The average molecular weight is 407 g/mol. The molecule has 4 aromatic rings. The highest BCUT2D eigenvalue weighted by molar-refractivity contribution is 6.09. The number of fused-ring (bicyclic) bond motifs is 4. The van der Waals surface area contributed by atoms with E-state index in [1.165, 1.54) is 0 Å². The van der Waals surface area contributed by atoms with Crippen molar-refractivity contribution >= 4 is 11.6 Å². The number of ether oxygens (including phenoxy) is 1. The van der Waals surface area contributed by atoms with E-state index in [9.17, 15) is 4.79 Å². The molecule has 152 valence electrons. The van der Waals surface area contributed by atoms with E-state index in [0.29, 0.717) is 12.3 Å². The summed E-state index contributed by atoms with van der Waals surface area (Å²) in [4.78, 5) is 13.6. The number of hydrogen-bond donors (Lipinski definition) is 1. The van der Waals surface area contributed by atoms with Gasteiger partial charge in [-0.2, -0.15) is 5.10 Å². The molecular formula is C26H21N3O2. The summed E-state index contributed by atoms with van der Waals surface area (Å²) in [6.45, 7) is 1.96. The van der Waals surface area contributed by atoms with Gasteiger partial charge in [-0.3, -0.25) is 4.79 Å². The Morgan fingerprint density at radius 2 is 1.65 bits per heavy atom. The van der Waals surface area contributed by atoms with Crippen LogP contribution in [0.15, 0.2) is 84.9 Å². The number of amides is 1. The summed E-state index contributed by atoms with van der Waals surface area (Å²) >= 11 is 0. The fourth-order valence-corrected chi connectivity index (χ4v) is 5.03. The Balaban J connectivity index is 1.64. The van der Waals surface area contributed by atoms with Gasteiger partial charge in [-0.05, 0) is 36.2 Å². The molecule has 3 heterocycles. The molecule has 1 spiro atoms. The standard InChI is InChI=1S/C26H21N3O2/c1-17-23-24(29(28-17)19-12-6-3-7-13-19)31-22(18-10-4-2-5-11-18)16-26(23)20-14-8-9-15-21(20)27-25(26)30/h2-15,22H,16H2,1H3,(H,27,30). The van der Waals surface area contributed by atoms with E-state index in [-0.39, 0.29) is 12.0 Å². The van der Waals surface area contributed by atoms with Gasteiger partial charge in [0.25, 0.3) is 0 Å². The maximum atomic E-state index is 13.6. The minimum atomic E-state index is -0.845. The van der Waals surface area contributed by atoms with Crippen LogP contribution in [0.2, 0.25) is 0 Å². The van der Waals surface area contributed by atoms with Crippen molar-refractivity contribution in [3.05, 3.63) is 107 Å². The van der Waals surface area contributed by atoms with Gasteiger partial charge in [-0.25, -0.2) is 4.68 Å². The third kappa shape index (κ3) is 2.49. The third-order valence-electron chi connectivity index (χ3n) is 6.39. The monoisotopic (exact) mass is 407 g/mol. The molecule has 0 saturated carbocycles. The molecular weight excluding hydrogens is 386 g/mol. The van der Waals surface area contributed by atoms with Crippen LogP contribution in [0, 0.1) is 6.92 Å². The first-order chi connectivity index (χ1) is 15.2. The molecule has 1 amide bonds. The minimum absolute atomic E-state index is 0.0186. The number of benzene rings is 3. The Bertz CT molecular complexity index is 1300. The SMILES string of the molecule is Cc1nn(-c2ccccc2)c2c1C1(CC(c3ccccc3)O2)C(=O)Nc2ccccc21. The Morgan fingerprint density at radius 1 is 0.968 bits per heavy atom. The fourth-order valence-electron chi connectivity index (χ4n) is 5.03. The van der Waals surface area contributed by atoms with E-state index in [0.717, 1.165) is 33.8 Å². The first-order valence-electron chi connectivity index (χ1n) is 10.5. The van der Waals surface area contributed by atoms with Crippen LogP contribution in [-0.4, -0.2) is 15.7 Å². The number of aryl methyl sites for hydroxylation is 1. The molecule has 3 aromatic carbocycles. The maximum absolute atomic E-state index is 13.6. The van der Waals surface area contributed by atoms with Crippen LogP contribution in [0.4, 0.5) is 5.69 Å². The third-order valence-corrected chi connectivity index (χ3v) is 6.39. The molecule has 2 atom stereocenters. The van der Waals surface area contributed by atoms with Crippen molar-refractivity contribution < 1.29 is 9.53 Å². The first kappa shape index (κ1) is 18.0. The van der Waals surface area contributed by atoms with Crippen molar-refractivity contribution in [1.29, 1.82) is 0 Å². The fraction of sp³-hybridized carbons (Fsp3) is 0.154. The first-order valence-corrected chi connectivity index (χ1v) is 10.5. The topological polar surface area (TPSA) is 56.2 Å². The van der Waals surface area contributed by atoms with E-state index >= 15 is 0 Å². The van der Waals surface area contributed by atoms with Gasteiger partial charge >= 0.3 is 0 Å². The van der Waals surface area contributed by atoms with Crippen LogP contribution >= 0.6 is 0 Å². The Hall–Kier alpha value is -3.86. The Labute approximate surface area is 180 Å². The second-order valence-electron chi connectivity index (χ2n) is 8.14. The maximum Gasteiger partial charge on any atom is 0.240 e. The highest BCUT2D eigenvalue weighted by atomic mass is 16.5. The van der Waals surface area contributed by atoms with E-state index in [2.05, 4.69) is 17.4 Å². The molecule has 0 aliphatic carbocycles. The predicted molar refractivity (Wildman–Crippen MR) is 119 cm³/mol. The second-order valence-corrected chi connectivity index (χ2v) is 8.14. The molecule has 0 bridgehead atoms. The Morgan fingerprint density at radius 3 is 2.42 bits per heavy atom. The lowest BCUT2D eigenvalue weighted by atomic mass is 9.69. The van der Waals surface area contributed by atoms with E-state index in [1.54, 1.807) is 0 Å². The second kappa shape index (κ2) is 6.57. The van der Waals surface area contributed by atoms with Gasteiger partial charge < -0.3 is 10.1 Å². The zero-order chi connectivity index (χ0) is 21.0. The number of carbonyl (C=O) groups is 1. The van der Waals surface area contributed by atoms with Crippen molar-refractivity contribution in [1.82, 2.24) is 9.78 Å². The lowest BCUT2D eigenvalue weighted by Gasteiger charge is -2.37. The van der Waals surface area contributed by atoms with Crippen LogP contribution in [0.3, 0.4) is 0 Å². The molecule has 0 fully saturated rings. The van der Waals surface area contributed by atoms with Crippen LogP contribution in [0.1, 0.15) is 34.9 Å². The van der Waals surface area contributed by atoms with Crippen molar-refractivity contribution in [2.75, 3.05) is 5.32 Å². The molecule has 5 nitrogen and oxygen atoms in total. The number of anilines is 1. The number of aromatic nitrogens is 2. The summed E-state index contributed by atoms with van der Waals surface area (Å²) < 4.78 is 8.42. The van der Waals surface area contributed by atoms with Crippen molar-refractivity contribution in [3.8, 4) is 11.6 Å². The number of para-hydroxylation sites is 2. The van der Waals surface area contributed by atoms with Gasteiger partial charge in [-0.15, -0.1) is 0 Å². The van der Waals surface area contributed by atoms with Gasteiger partial charge in [0.2, 0.25) is 11.8 Å². The summed E-state index contributed by atoms with van der Waals surface area (Å²) in [7, 11) is 0. The van der Waals surface area contributed by atoms with Gasteiger partial charge in [0.05, 0.1) is 16.9 Å². The van der Waals surface area contributed by atoms with E-state index in [1.807, 2.05) is 84.4 Å². The highest BCUT2D eigenvalue weighted by Gasteiger charge is 2.56. The van der Waals surface area contributed by atoms with Gasteiger partial charge in [0.15, 0.2) is 0 Å². The smallest absolute Gasteiger partial charge is 0.240 e. The summed E-state index contributed by atoms with van der Waals surface area (Å²) in [5, 5.41) is 7.94. The molecule has 2 aliphatic rings. The number of nitrogens with zero attached hydrogens (tertiary/aromatic N) is 2. The van der Waals surface area contributed by atoms with E-state index in [4.69, 9.17) is 9.84 Å². The van der Waals surface area contributed by atoms with Crippen molar-refractivity contribution in [2.24, 2.45) is 0 Å². The molecule has 6 rings (SSSR count). The molecule has 31 heavy (non-hydrogen) atoms. The normalized spacial score (nSPS) is 21.3. The zero-order valence-electron chi connectivity index (χ0n) is 17.1. The summed E-state index contributed by atoms with van der Waals surface area (Å²) in [6, 6.07) is 28.0. The quantitative estimate of drug-likeness (QED) is 0.512.